The number of aliphatic hydroxyl groups is 1. The monoisotopic (exact) mass is 224 g/mol. The number of hydrogen-bond acceptors (Lipinski definition) is 3. The number of aliphatic hydroxyl groups excluding tert-OH is 1. The van der Waals surface area contributed by atoms with E-state index < -0.39 is 0 Å². The van der Waals surface area contributed by atoms with Gasteiger partial charge in [0.2, 0.25) is 0 Å². The van der Waals surface area contributed by atoms with E-state index in [-0.39, 0.29) is 6.10 Å². The summed E-state index contributed by atoms with van der Waals surface area (Å²) in [7, 11) is 0. The average molecular weight is 225 g/mol. The van der Waals surface area contributed by atoms with Gasteiger partial charge in [-0.3, -0.25) is 0 Å². The van der Waals surface area contributed by atoms with E-state index >= 15 is 0 Å². The Hall–Kier alpha value is -1.24. The molecule has 3 nitrogen and oxygen atoms in total. The third-order valence-corrected chi connectivity index (χ3v) is 2.21. The van der Waals surface area contributed by atoms with Gasteiger partial charge in [0, 0.05) is 11.6 Å². The van der Waals surface area contributed by atoms with Crippen LogP contribution in [-0.2, 0) is 0 Å². The number of benzene rings is 1. The highest BCUT2D eigenvalue weighted by Gasteiger charge is 2.02. The van der Waals surface area contributed by atoms with Crippen molar-refractivity contribution in [2.75, 3.05) is 11.9 Å². The van der Waals surface area contributed by atoms with Crippen molar-refractivity contribution in [3.05, 3.63) is 28.8 Å². The third kappa shape index (κ3) is 3.78. The lowest BCUT2D eigenvalue weighted by molar-refractivity contribution is 0.189. The Morgan fingerprint density at radius 1 is 1.60 bits per heavy atom. The van der Waals surface area contributed by atoms with Gasteiger partial charge < -0.3 is 10.4 Å². The molecule has 0 radical (unpaired) electrons. The van der Waals surface area contributed by atoms with Gasteiger partial charge in [0.05, 0.1) is 17.4 Å². The lowest BCUT2D eigenvalue weighted by atomic mass is 10.2. The molecule has 0 saturated carbocycles. The van der Waals surface area contributed by atoms with Crippen LogP contribution in [0.2, 0.25) is 5.02 Å². The summed E-state index contributed by atoms with van der Waals surface area (Å²) in [5, 5.41) is 21.6. The lowest BCUT2D eigenvalue weighted by Gasteiger charge is -2.09. The van der Waals surface area contributed by atoms with E-state index in [1.165, 1.54) is 0 Å². The number of rotatable bonds is 4. The fourth-order valence-electron chi connectivity index (χ4n) is 1.18. The zero-order valence-electron chi connectivity index (χ0n) is 8.50. The summed E-state index contributed by atoms with van der Waals surface area (Å²) in [6, 6.07) is 7.18. The molecule has 4 heteroatoms. The second-order valence-corrected chi connectivity index (χ2v) is 3.80. The quantitative estimate of drug-likeness (QED) is 0.826. The number of nitrogens with zero attached hydrogens (tertiary/aromatic N) is 1. The molecule has 15 heavy (non-hydrogen) atoms. The molecule has 1 aromatic rings. The van der Waals surface area contributed by atoms with Gasteiger partial charge in [0.1, 0.15) is 6.07 Å². The summed E-state index contributed by atoms with van der Waals surface area (Å²) < 4.78 is 0. The van der Waals surface area contributed by atoms with E-state index in [9.17, 15) is 0 Å². The highest BCUT2D eigenvalue weighted by molar-refractivity contribution is 6.30. The van der Waals surface area contributed by atoms with Crippen molar-refractivity contribution in [1.29, 1.82) is 5.26 Å². The highest BCUT2D eigenvalue weighted by atomic mass is 35.5. The molecular weight excluding hydrogens is 212 g/mol. The van der Waals surface area contributed by atoms with E-state index in [1.54, 1.807) is 25.1 Å². The Kier molecular flexibility index (Phi) is 4.41. The molecule has 0 aromatic heterocycles. The topological polar surface area (TPSA) is 56.0 Å². The van der Waals surface area contributed by atoms with E-state index in [1.807, 2.05) is 0 Å². The van der Waals surface area contributed by atoms with Gasteiger partial charge in [-0.1, -0.05) is 11.6 Å². The molecular formula is C11H13ClN2O. The van der Waals surface area contributed by atoms with Gasteiger partial charge in [-0.15, -0.1) is 0 Å². The van der Waals surface area contributed by atoms with Crippen molar-refractivity contribution < 1.29 is 5.11 Å². The molecule has 0 spiro atoms. The molecule has 0 fully saturated rings. The number of anilines is 1. The van der Waals surface area contributed by atoms with Crippen LogP contribution in [0.5, 0.6) is 0 Å². The van der Waals surface area contributed by atoms with Gasteiger partial charge in [-0.2, -0.15) is 5.26 Å². The van der Waals surface area contributed by atoms with Crippen LogP contribution in [0.1, 0.15) is 18.9 Å². The minimum Gasteiger partial charge on any atom is -0.393 e. The summed E-state index contributed by atoms with van der Waals surface area (Å²) in [6.07, 6.45) is 0.309. The third-order valence-electron chi connectivity index (χ3n) is 1.98. The molecule has 0 bridgehead atoms. The van der Waals surface area contributed by atoms with Crippen molar-refractivity contribution >= 4 is 17.3 Å². The summed E-state index contributed by atoms with van der Waals surface area (Å²) in [5.74, 6) is 0. The minimum absolute atomic E-state index is 0.338. The smallest absolute Gasteiger partial charge is 0.101 e. The van der Waals surface area contributed by atoms with Gasteiger partial charge >= 0.3 is 0 Å². The van der Waals surface area contributed by atoms with Crippen LogP contribution in [0.3, 0.4) is 0 Å². The first kappa shape index (κ1) is 11.8. The zero-order valence-corrected chi connectivity index (χ0v) is 9.25. The number of hydrogen-bond donors (Lipinski definition) is 2. The largest absolute Gasteiger partial charge is 0.393 e. The first-order valence-electron chi connectivity index (χ1n) is 4.75. The van der Waals surface area contributed by atoms with Crippen LogP contribution in [0, 0.1) is 11.3 Å². The van der Waals surface area contributed by atoms with Gasteiger partial charge in [-0.05, 0) is 31.5 Å². The Balaban J connectivity index is 2.65. The second kappa shape index (κ2) is 5.59. The summed E-state index contributed by atoms with van der Waals surface area (Å²) >= 11 is 5.76. The Morgan fingerprint density at radius 2 is 2.33 bits per heavy atom. The molecule has 1 rings (SSSR count). The van der Waals surface area contributed by atoms with E-state index in [0.717, 1.165) is 5.69 Å². The number of halogens is 1. The molecule has 1 unspecified atom stereocenters. The summed E-state index contributed by atoms with van der Waals surface area (Å²) in [4.78, 5) is 0. The maximum Gasteiger partial charge on any atom is 0.101 e. The predicted octanol–water partition coefficient (Wildman–Crippen LogP) is 2.39. The van der Waals surface area contributed by atoms with Gasteiger partial charge in [0.15, 0.2) is 0 Å². The second-order valence-electron chi connectivity index (χ2n) is 3.37. The van der Waals surface area contributed by atoms with Crippen molar-refractivity contribution in [3.8, 4) is 6.07 Å². The van der Waals surface area contributed by atoms with E-state index in [0.29, 0.717) is 23.6 Å². The minimum atomic E-state index is -0.338. The first-order valence-corrected chi connectivity index (χ1v) is 5.13. The number of nitrogens with one attached hydrogen (secondary N) is 1. The highest BCUT2D eigenvalue weighted by Crippen LogP contribution is 2.19. The van der Waals surface area contributed by atoms with Crippen LogP contribution in [0.15, 0.2) is 18.2 Å². The molecule has 0 heterocycles. The van der Waals surface area contributed by atoms with Crippen molar-refractivity contribution in [3.63, 3.8) is 0 Å². The molecule has 0 aliphatic rings. The molecule has 0 aliphatic carbocycles. The average Bonchev–Trinajstić information content (AvgIpc) is 2.19. The standard InChI is InChI=1S/C11H13ClN2O/c1-8(15)4-5-14-11-3-2-10(12)6-9(11)7-13/h2-3,6,8,14-15H,4-5H2,1H3. The Labute approximate surface area is 94.3 Å². The summed E-state index contributed by atoms with van der Waals surface area (Å²) in [6.45, 7) is 2.36. The lowest BCUT2D eigenvalue weighted by Crippen LogP contribution is -2.10. The molecule has 0 saturated heterocycles. The van der Waals surface area contributed by atoms with Crippen LogP contribution in [-0.4, -0.2) is 17.8 Å². The Morgan fingerprint density at radius 3 is 2.93 bits per heavy atom. The zero-order chi connectivity index (χ0) is 11.3. The molecule has 1 atom stereocenters. The molecule has 2 N–H and O–H groups in total. The van der Waals surface area contributed by atoms with Crippen LogP contribution in [0.25, 0.3) is 0 Å². The number of nitriles is 1. The summed E-state index contributed by atoms with van der Waals surface area (Å²) in [5.41, 5.74) is 1.27. The fraction of sp³-hybridized carbons (Fsp3) is 0.364. The normalized spacial score (nSPS) is 11.9. The Bertz CT molecular complexity index is 371. The van der Waals surface area contributed by atoms with Crippen LogP contribution >= 0.6 is 11.6 Å². The molecule has 0 amide bonds. The van der Waals surface area contributed by atoms with Crippen molar-refractivity contribution in [2.24, 2.45) is 0 Å². The van der Waals surface area contributed by atoms with Crippen molar-refractivity contribution in [1.82, 2.24) is 0 Å². The van der Waals surface area contributed by atoms with Gasteiger partial charge in [0.25, 0.3) is 0 Å². The maximum atomic E-state index is 9.07. The first-order chi connectivity index (χ1) is 7.13. The molecule has 80 valence electrons. The predicted molar refractivity (Wildman–Crippen MR) is 61.0 cm³/mol. The van der Waals surface area contributed by atoms with Gasteiger partial charge in [-0.25, -0.2) is 0 Å². The van der Waals surface area contributed by atoms with Crippen molar-refractivity contribution in [2.45, 2.75) is 19.4 Å². The molecule has 1 aromatic carbocycles. The van der Waals surface area contributed by atoms with E-state index in [2.05, 4.69) is 11.4 Å². The molecule has 0 aliphatic heterocycles. The maximum absolute atomic E-state index is 9.07. The fourth-order valence-corrected chi connectivity index (χ4v) is 1.35. The van der Waals surface area contributed by atoms with E-state index in [4.69, 9.17) is 22.0 Å². The SMILES string of the molecule is CC(O)CCNc1ccc(Cl)cc1C#N. The van der Waals surface area contributed by atoms with Crippen LogP contribution < -0.4 is 5.32 Å². The van der Waals surface area contributed by atoms with Crippen LogP contribution in [0.4, 0.5) is 5.69 Å².